The second-order valence-electron chi connectivity index (χ2n) is 3.31. The predicted molar refractivity (Wildman–Crippen MR) is 67.3 cm³/mol. The van der Waals surface area contributed by atoms with E-state index in [0.29, 0.717) is 10.3 Å². The van der Waals surface area contributed by atoms with Gasteiger partial charge in [-0.2, -0.15) is 0 Å². The van der Waals surface area contributed by atoms with E-state index < -0.39 is 11.9 Å². The Hall–Kier alpha value is -0.880. The third-order valence-electron chi connectivity index (χ3n) is 2.17. The fourth-order valence-electron chi connectivity index (χ4n) is 1.54. The van der Waals surface area contributed by atoms with Crippen LogP contribution in [0, 0.1) is 0 Å². The number of hydrogen-bond acceptors (Lipinski definition) is 3. The quantitative estimate of drug-likeness (QED) is 0.822. The molecule has 6 heteroatoms. The minimum absolute atomic E-state index is 0. The normalized spacial score (nSPS) is 9.88. The second-order valence-corrected chi connectivity index (χ2v) is 4.47. The third kappa shape index (κ3) is 3.07. The molecule has 1 heterocycles. The maximum atomic E-state index is 10.9. The average Bonchev–Trinajstić information content (AvgIpc) is 2.57. The van der Waals surface area contributed by atoms with E-state index in [4.69, 9.17) is 10.2 Å². The molecule has 2 aromatic rings. The summed E-state index contributed by atoms with van der Waals surface area (Å²) in [6.45, 7) is 0. The zero-order chi connectivity index (χ0) is 11.7. The standard InChI is InChI=1S/C11H8O4S.Na.H/c12-10(13)5-6-4-8-7(11(14)15)2-1-3-9(8)16-6;;/h1-4H,5H2,(H,12,13)(H,14,15);;. The van der Waals surface area contributed by atoms with Gasteiger partial charge in [0.05, 0.1) is 12.0 Å². The van der Waals surface area contributed by atoms with E-state index in [1.54, 1.807) is 18.2 Å². The number of benzene rings is 1. The second kappa shape index (κ2) is 5.64. The van der Waals surface area contributed by atoms with Crippen molar-refractivity contribution >= 4 is 62.9 Å². The number of rotatable bonds is 3. The molecule has 0 fully saturated rings. The molecular formula is C11H9NaO4S. The number of carbonyl (C=O) groups is 2. The van der Waals surface area contributed by atoms with E-state index in [1.165, 1.54) is 17.4 Å². The summed E-state index contributed by atoms with van der Waals surface area (Å²) in [6, 6.07) is 6.60. The molecule has 84 valence electrons. The summed E-state index contributed by atoms with van der Waals surface area (Å²) in [5.41, 5.74) is 0.213. The molecule has 0 aliphatic heterocycles. The summed E-state index contributed by atoms with van der Waals surface area (Å²) in [4.78, 5) is 22.2. The molecule has 0 saturated heterocycles. The van der Waals surface area contributed by atoms with E-state index in [0.717, 1.165) is 4.70 Å². The Bertz CT molecular complexity index is 576. The van der Waals surface area contributed by atoms with E-state index in [2.05, 4.69) is 0 Å². The minimum atomic E-state index is -0.995. The van der Waals surface area contributed by atoms with Gasteiger partial charge >= 0.3 is 41.5 Å². The Kier molecular flexibility index (Phi) is 4.70. The van der Waals surface area contributed by atoms with Gasteiger partial charge in [0.15, 0.2) is 0 Å². The Labute approximate surface area is 123 Å². The van der Waals surface area contributed by atoms with Crippen LogP contribution in [0.5, 0.6) is 0 Å². The van der Waals surface area contributed by atoms with Crippen LogP contribution in [0.3, 0.4) is 0 Å². The first-order valence-electron chi connectivity index (χ1n) is 4.54. The molecule has 0 radical (unpaired) electrons. The summed E-state index contributed by atoms with van der Waals surface area (Å²) in [5.74, 6) is -1.91. The average molecular weight is 260 g/mol. The molecule has 0 aliphatic rings. The van der Waals surface area contributed by atoms with Crippen LogP contribution in [0.25, 0.3) is 10.1 Å². The molecule has 2 rings (SSSR count). The van der Waals surface area contributed by atoms with Gasteiger partial charge in [-0.3, -0.25) is 4.79 Å². The van der Waals surface area contributed by atoms with Crippen molar-refractivity contribution in [1.29, 1.82) is 0 Å². The number of aliphatic carboxylic acids is 1. The molecule has 4 nitrogen and oxygen atoms in total. The van der Waals surface area contributed by atoms with Crippen molar-refractivity contribution in [3.05, 3.63) is 34.7 Å². The van der Waals surface area contributed by atoms with Gasteiger partial charge in [-0.05, 0) is 18.2 Å². The summed E-state index contributed by atoms with van der Waals surface area (Å²) < 4.78 is 0.802. The van der Waals surface area contributed by atoms with Gasteiger partial charge < -0.3 is 10.2 Å². The summed E-state index contributed by atoms with van der Waals surface area (Å²) in [5, 5.41) is 18.2. The molecule has 0 bridgehead atoms. The predicted octanol–water partition coefficient (Wildman–Crippen LogP) is 1.58. The molecule has 0 atom stereocenters. The number of thiophene rings is 1. The van der Waals surface area contributed by atoms with E-state index >= 15 is 0 Å². The van der Waals surface area contributed by atoms with Crippen molar-refractivity contribution in [1.82, 2.24) is 0 Å². The molecule has 1 aromatic heterocycles. The fraction of sp³-hybridized carbons (Fsp3) is 0.0909. The Balaban J connectivity index is 0.00000144. The number of aromatic carboxylic acids is 1. The van der Waals surface area contributed by atoms with Gasteiger partial charge in [-0.25, -0.2) is 4.79 Å². The number of carboxylic acid groups (broad SMARTS) is 2. The van der Waals surface area contributed by atoms with Crippen LogP contribution in [-0.2, 0) is 11.2 Å². The first kappa shape index (κ1) is 14.2. The van der Waals surface area contributed by atoms with Crippen LogP contribution in [-0.4, -0.2) is 51.7 Å². The van der Waals surface area contributed by atoms with Crippen molar-refractivity contribution in [3.63, 3.8) is 0 Å². The first-order chi connectivity index (χ1) is 7.58. The molecule has 1 aromatic carbocycles. The Morgan fingerprint density at radius 2 is 1.94 bits per heavy atom. The van der Waals surface area contributed by atoms with Crippen LogP contribution in [0.15, 0.2) is 24.3 Å². The van der Waals surface area contributed by atoms with Gasteiger partial charge in [-0.1, -0.05) is 6.07 Å². The van der Waals surface area contributed by atoms with Crippen LogP contribution in [0.4, 0.5) is 0 Å². The fourth-order valence-corrected chi connectivity index (χ4v) is 2.62. The van der Waals surface area contributed by atoms with E-state index in [1.807, 2.05) is 0 Å². The van der Waals surface area contributed by atoms with Crippen LogP contribution in [0.1, 0.15) is 15.2 Å². The van der Waals surface area contributed by atoms with Gasteiger partial charge in [0.25, 0.3) is 0 Å². The molecule has 2 N–H and O–H groups in total. The Morgan fingerprint density at radius 1 is 1.24 bits per heavy atom. The van der Waals surface area contributed by atoms with Crippen molar-refractivity contribution in [2.75, 3.05) is 0 Å². The SMILES string of the molecule is O=C(O)Cc1cc2c(C(=O)O)cccc2s1.[NaH]. The Morgan fingerprint density at radius 3 is 2.53 bits per heavy atom. The molecule has 0 unspecified atom stereocenters. The van der Waals surface area contributed by atoms with Crippen molar-refractivity contribution < 1.29 is 19.8 Å². The number of carboxylic acids is 2. The maximum absolute atomic E-state index is 10.9. The molecule has 0 spiro atoms. The van der Waals surface area contributed by atoms with Crippen molar-refractivity contribution in [2.45, 2.75) is 6.42 Å². The zero-order valence-electron chi connectivity index (χ0n) is 8.14. The van der Waals surface area contributed by atoms with Gasteiger partial charge in [-0.15, -0.1) is 11.3 Å². The monoisotopic (exact) mass is 260 g/mol. The number of fused-ring (bicyclic) bond motifs is 1. The van der Waals surface area contributed by atoms with Crippen molar-refractivity contribution in [2.24, 2.45) is 0 Å². The third-order valence-corrected chi connectivity index (χ3v) is 3.27. The molecular weight excluding hydrogens is 251 g/mol. The van der Waals surface area contributed by atoms with Gasteiger partial charge in [0.1, 0.15) is 0 Å². The number of hydrogen-bond donors (Lipinski definition) is 2. The summed E-state index contributed by atoms with van der Waals surface area (Å²) in [7, 11) is 0. The summed E-state index contributed by atoms with van der Waals surface area (Å²) >= 11 is 1.31. The molecule has 0 saturated carbocycles. The van der Waals surface area contributed by atoms with E-state index in [9.17, 15) is 9.59 Å². The molecule has 0 aliphatic carbocycles. The van der Waals surface area contributed by atoms with Crippen LogP contribution < -0.4 is 0 Å². The zero-order valence-corrected chi connectivity index (χ0v) is 8.95. The molecule has 0 amide bonds. The molecule has 17 heavy (non-hydrogen) atoms. The van der Waals surface area contributed by atoms with Gasteiger partial charge in [0.2, 0.25) is 0 Å². The first-order valence-corrected chi connectivity index (χ1v) is 5.36. The van der Waals surface area contributed by atoms with Crippen LogP contribution in [0.2, 0.25) is 0 Å². The summed E-state index contributed by atoms with van der Waals surface area (Å²) in [6.07, 6.45) is -0.0710. The van der Waals surface area contributed by atoms with Crippen LogP contribution >= 0.6 is 11.3 Å². The van der Waals surface area contributed by atoms with E-state index in [-0.39, 0.29) is 41.5 Å². The topological polar surface area (TPSA) is 74.6 Å². The van der Waals surface area contributed by atoms with Gasteiger partial charge in [0, 0.05) is 15.0 Å². The van der Waals surface area contributed by atoms with Crippen molar-refractivity contribution in [3.8, 4) is 0 Å².